The largest absolute Gasteiger partial charge is 0.353 e. The number of anilines is 1. The van der Waals surface area contributed by atoms with E-state index in [0.717, 1.165) is 41.8 Å². The van der Waals surface area contributed by atoms with Crippen LogP contribution in [0.3, 0.4) is 0 Å². The topological polar surface area (TPSA) is 61.4 Å². The molecule has 1 N–H and O–H groups in total. The van der Waals surface area contributed by atoms with Gasteiger partial charge in [-0.25, -0.2) is 9.97 Å². The predicted molar refractivity (Wildman–Crippen MR) is 127 cm³/mol. The molecule has 0 radical (unpaired) electrons. The molecule has 0 saturated carbocycles. The number of hydrogen-bond donors (Lipinski definition) is 1. The van der Waals surface area contributed by atoms with Crippen LogP contribution in [0.2, 0.25) is 0 Å². The van der Waals surface area contributed by atoms with E-state index >= 15 is 0 Å². The molecule has 31 heavy (non-hydrogen) atoms. The number of carbonyl (C=O) groups excluding carboxylic acids is 1. The van der Waals surface area contributed by atoms with Gasteiger partial charge in [0.1, 0.15) is 18.2 Å². The maximum atomic E-state index is 13.6. The molecule has 2 aromatic rings. The minimum Gasteiger partial charge on any atom is -0.353 e. The van der Waals surface area contributed by atoms with Gasteiger partial charge in [0.25, 0.3) is 0 Å². The highest BCUT2D eigenvalue weighted by molar-refractivity contribution is 9.10. The minimum atomic E-state index is -0.358. The van der Waals surface area contributed by atoms with E-state index in [0.29, 0.717) is 19.0 Å². The third-order valence-electron chi connectivity index (χ3n) is 6.17. The summed E-state index contributed by atoms with van der Waals surface area (Å²) in [5.41, 5.74) is 3.32. The average molecular weight is 486 g/mol. The molecule has 2 atom stereocenters. The lowest BCUT2D eigenvalue weighted by Gasteiger charge is -2.39. The number of fused-ring (bicyclic) bond motifs is 1. The Labute approximate surface area is 193 Å². The predicted octanol–water partition coefficient (Wildman–Crippen LogP) is 4.07. The number of aryl methyl sites for hydroxylation is 1. The van der Waals surface area contributed by atoms with Gasteiger partial charge in [-0.2, -0.15) is 0 Å². The summed E-state index contributed by atoms with van der Waals surface area (Å²) in [5.74, 6) is 1.71. The van der Waals surface area contributed by atoms with Crippen LogP contribution in [0.5, 0.6) is 0 Å². The molecule has 166 valence electrons. The fraction of sp³-hybridized carbons (Fsp3) is 0.542. The quantitative estimate of drug-likeness (QED) is 0.706. The number of nitrogens with one attached hydrogen (secondary N) is 1. The Hall–Kier alpha value is -1.99. The first-order chi connectivity index (χ1) is 14.7. The highest BCUT2D eigenvalue weighted by Gasteiger charge is 2.33. The summed E-state index contributed by atoms with van der Waals surface area (Å²) in [4.78, 5) is 27.0. The van der Waals surface area contributed by atoms with Crippen molar-refractivity contribution in [3.8, 4) is 0 Å². The zero-order valence-corrected chi connectivity index (χ0v) is 20.4. The monoisotopic (exact) mass is 485 g/mol. The third kappa shape index (κ3) is 4.93. The molecule has 1 aliphatic heterocycles. The number of piperazine rings is 1. The molecule has 1 aromatic carbocycles. The van der Waals surface area contributed by atoms with E-state index < -0.39 is 0 Å². The first-order valence-corrected chi connectivity index (χ1v) is 11.9. The molecule has 4 rings (SSSR count). The summed E-state index contributed by atoms with van der Waals surface area (Å²) in [6.45, 7) is 11.5. The summed E-state index contributed by atoms with van der Waals surface area (Å²) in [6.07, 6.45) is 3.88. The lowest BCUT2D eigenvalue weighted by atomic mass is 10.00. The summed E-state index contributed by atoms with van der Waals surface area (Å²) in [5, 5.41) is 3.53. The van der Waals surface area contributed by atoms with Crippen LogP contribution in [0.1, 0.15) is 62.9 Å². The standard InChI is InChI=1S/C24H32BrN5O/c1-16-5-10-19-20(16)22(27-15-26-19)29-11-13-30(14-12-29)23(31)21(28-24(2,3)4)17-6-8-18(25)9-7-17/h6-9,15-16,21,28H,5,10-14H2,1-4H3. The highest BCUT2D eigenvalue weighted by Crippen LogP contribution is 2.37. The summed E-state index contributed by atoms with van der Waals surface area (Å²) >= 11 is 3.49. The van der Waals surface area contributed by atoms with Gasteiger partial charge in [-0.05, 0) is 57.2 Å². The smallest absolute Gasteiger partial charge is 0.244 e. The Balaban J connectivity index is 1.49. The van der Waals surface area contributed by atoms with Crippen molar-refractivity contribution >= 4 is 27.7 Å². The number of rotatable bonds is 4. The van der Waals surface area contributed by atoms with Crippen LogP contribution in [0, 0.1) is 0 Å². The molecule has 1 aliphatic carbocycles. The molecular formula is C24H32BrN5O. The number of halogens is 1. The van der Waals surface area contributed by atoms with Gasteiger partial charge in [0.05, 0.1) is 0 Å². The van der Waals surface area contributed by atoms with Gasteiger partial charge in [-0.3, -0.25) is 10.1 Å². The van der Waals surface area contributed by atoms with Crippen molar-refractivity contribution in [3.05, 3.63) is 51.9 Å². The molecule has 2 heterocycles. The van der Waals surface area contributed by atoms with Gasteiger partial charge < -0.3 is 9.80 Å². The lowest BCUT2D eigenvalue weighted by molar-refractivity contribution is -0.134. The van der Waals surface area contributed by atoms with Crippen molar-refractivity contribution in [2.75, 3.05) is 31.1 Å². The molecule has 1 aromatic heterocycles. The van der Waals surface area contributed by atoms with E-state index in [2.05, 4.69) is 63.8 Å². The lowest BCUT2D eigenvalue weighted by Crippen LogP contribution is -2.54. The molecule has 0 spiro atoms. The zero-order chi connectivity index (χ0) is 22.2. The van der Waals surface area contributed by atoms with Crippen LogP contribution in [-0.2, 0) is 11.2 Å². The van der Waals surface area contributed by atoms with E-state index in [1.807, 2.05) is 29.2 Å². The average Bonchev–Trinajstić information content (AvgIpc) is 3.13. The summed E-state index contributed by atoms with van der Waals surface area (Å²) in [7, 11) is 0. The number of aromatic nitrogens is 2. The van der Waals surface area contributed by atoms with Crippen molar-refractivity contribution in [2.45, 2.75) is 58.0 Å². The second-order valence-electron chi connectivity index (χ2n) is 9.69. The van der Waals surface area contributed by atoms with Crippen LogP contribution < -0.4 is 10.2 Å². The maximum absolute atomic E-state index is 13.6. The van der Waals surface area contributed by atoms with Crippen molar-refractivity contribution in [2.24, 2.45) is 0 Å². The fourth-order valence-electron chi connectivity index (χ4n) is 4.57. The van der Waals surface area contributed by atoms with Crippen molar-refractivity contribution in [3.63, 3.8) is 0 Å². The Morgan fingerprint density at radius 3 is 2.45 bits per heavy atom. The van der Waals surface area contributed by atoms with Crippen LogP contribution >= 0.6 is 15.9 Å². The first kappa shape index (κ1) is 22.2. The second kappa shape index (κ2) is 8.87. The Kier molecular flexibility index (Phi) is 6.35. The minimum absolute atomic E-state index is 0.137. The van der Waals surface area contributed by atoms with Crippen LogP contribution in [0.15, 0.2) is 35.1 Å². The van der Waals surface area contributed by atoms with Gasteiger partial charge in [0.15, 0.2) is 0 Å². The Bertz CT molecular complexity index is 932. The zero-order valence-electron chi connectivity index (χ0n) is 18.9. The second-order valence-corrected chi connectivity index (χ2v) is 10.6. The van der Waals surface area contributed by atoms with Crippen LogP contribution in [0.25, 0.3) is 0 Å². The highest BCUT2D eigenvalue weighted by atomic mass is 79.9. The van der Waals surface area contributed by atoms with E-state index in [1.54, 1.807) is 6.33 Å². The van der Waals surface area contributed by atoms with Gasteiger partial charge >= 0.3 is 0 Å². The van der Waals surface area contributed by atoms with Gasteiger partial charge in [-0.1, -0.05) is 35.0 Å². The van der Waals surface area contributed by atoms with Crippen molar-refractivity contribution in [1.82, 2.24) is 20.2 Å². The molecule has 6 nitrogen and oxygen atoms in total. The van der Waals surface area contributed by atoms with Crippen molar-refractivity contribution < 1.29 is 4.79 Å². The molecule has 1 fully saturated rings. The summed E-state index contributed by atoms with van der Waals surface area (Å²) < 4.78 is 1.01. The van der Waals surface area contributed by atoms with Crippen LogP contribution in [-0.4, -0.2) is 52.5 Å². The number of nitrogens with zero attached hydrogens (tertiary/aromatic N) is 4. The van der Waals surface area contributed by atoms with E-state index in [-0.39, 0.29) is 17.5 Å². The maximum Gasteiger partial charge on any atom is 0.244 e. The van der Waals surface area contributed by atoms with E-state index in [4.69, 9.17) is 0 Å². The van der Waals surface area contributed by atoms with E-state index in [1.165, 1.54) is 11.3 Å². The Morgan fingerprint density at radius 2 is 1.81 bits per heavy atom. The molecule has 7 heteroatoms. The first-order valence-electron chi connectivity index (χ1n) is 11.1. The van der Waals surface area contributed by atoms with Gasteiger partial charge in [-0.15, -0.1) is 0 Å². The summed E-state index contributed by atoms with van der Waals surface area (Å²) in [6, 6.07) is 7.67. The van der Waals surface area contributed by atoms with Crippen LogP contribution in [0.4, 0.5) is 5.82 Å². The molecule has 1 amide bonds. The molecule has 2 aliphatic rings. The third-order valence-corrected chi connectivity index (χ3v) is 6.70. The van der Waals surface area contributed by atoms with Crippen molar-refractivity contribution in [1.29, 1.82) is 0 Å². The molecule has 0 bridgehead atoms. The number of hydrogen-bond acceptors (Lipinski definition) is 5. The Morgan fingerprint density at radius 1 is 1.13 bits per heavy atom. The molecular weight excluding hydrogens is 454 g/mol. The SMILES string of the molecule is CC1CCc2ncnc(N3CCN(C(=O)C(NC(C)(C)C)c4ccc(Br)cc4)CC3)c21. The molecule has 2 unspecified atom stereocenters. The van der Waals surface area contributed by atoms with E-state index in [9.17, 15) is 4.79 Å². The molecule has 1 saturated heterocycles. The number of benzene rings is 1. The van der Waals surface area contributed by atoms with Gasteiger partial charge in [0.2, 0.25) is 5.91 Å². The number of carbonyl (C=O) groups is 1. The van der Waals surface area contributed by atoms with Gasteiger partial charge in [0, 0.05) is 47.4 Å². The number of amides is 1. The fourth-order valence-corrected chi connectivity index (χ4v) is 4.84. The normalized spacial score (nSPS) is 20.0.